The molecule has 0 saturated heterocycles. The van der Waals surface area contributed by atoms with Crippen LogP contribution >= 0.6 is 0 Å². The topological polar surface area (TPSA) is 114 Å². The first kappa shape index (κ1) is 21.4. The third-order valence-corrected chi connectivity index (χ3v) is 3.49. The molecule has 1 aromatic carbocycles. The Kier molecular flexibility index (Phi) is 9.78. The Morgan fingerprint density at radius 2 is 1.69 bits per heavy atom. The van der Waals surface area contributed by atoms with Gasteiger partial charge >= 0.3 is 17.9 Å². The number of anilines is 1. The molecule has 0 aliphatic rings. The van der Waals surface area contributed by atoms with Gasteiger partial charge in [0.1, 0.15) is 6.04 Å². The van der Waals surface area contributed by atoms with Crippen LogP contribution in [0.1, 0.15) is 49.9 Å². The van der Waals surface area contributed by atoms with Crippen LogP contribution in [-0.4, -0.2) is 42.3 Å². The Morgan fingerprint density at radius 1 is 1.04 bits per heavy atom. The van der Waals surface area contributed by atoms with Crippen molar-refractivity contribution in [3.8, 4) is 0 Å². The van der Waals surface area contributed by atoms with Crippen molar-refractivity contribution in [3.05, 3.63) is 29.8 Å². The summed E-state index contributed by atoms with van der Waals surface area (Å²) >= 11 is 0. The van der Waals surface area contributed by atoms with Gasteiger partial charge in [-0.2, -0.15) is 0 Å². The van der Waals surface area contributed by atoms with Crippen molar-refractivity contribution in [1.82, 2.24) is 5.43 Å². The van der Waals surface area contributed by atoms with Gasteiger partial charge in [0.2, 0.25) is 0 Å². The maximum Gasteiger partial charge on any atom is 0.338 e. The van der Waals surface area contributed by atoms with Gasteiger partial charge < -0.3 is 20.0 Å². The van der Waals surface area contributed by atoms with Crippen molar-refractivity contribution in [2.24, 2.45) is 0 Å². The van der Waals surface area contributed by atoms with E-state index in [9.17, 15) is 14.4 Å². The van der Waals surface area contributed by atoms with Gasteiger partial charge in [-0.15, -0.1) is 0 Å². The first-order valence-electron chi connectivity index (χ1n) is 8.65. The zero-order chi connectivity index (χ0) is 19.4. The number of hydrazine groups is 1. The molecule has 1 unspecified atom stereocenters. The number of ether oxygens (including phenoxy) is 2. The van der Waals surface area contributed by atoms with Crippen LogP contribution in [0.4, 0.5) is 5.69 Å². The van der Waals surface area contributed by atoms with E-state index in [0.717, 1.165) is 0 Å². The van der Waals surface area contributed by atoms with Crippen molar-refractivity contribution in [3.63, 3.8) is 0 Å². The number of benzene rings is 1. The van der Waals surface area contributed by atoms with E-state index >= 15 is 0 Å². The highest BCUT2D eigenvalue weighted by Crippen LogP contribution is 2.11. The van der Waals surface area contributed by atoms with Gasteiger partial charge in [-0.25, -0.2) is 10.2 Å². The molecule has 144 valence electrons. The lowest BCUT2D eigenvalue weighted by atomic mass is 10.1. The number of unbranched alkanes of at least 4 members (excludes halogenated alkanes) is 1. The third-order valence-electron chi connectivity index (χ3n) is 3.49. The fourth-order valence-corrected chi connectivity index (χ4v) is 2.19. The predicted octanol–water partition coefficient (Wildman–Crippen LogP) is 2.36. The summed E-state index contributed by atoms with van der Waals surface area (Å²) in [7, 11) is 0. The SMILES string of the molecule is CCOC(=O)c1ccc(NNC(CCCCC(=O)O)C(=O)OCC)cc1. The van der Waals surface area contributed by atoms with E-state index < -0.39 is 23.9 Å². The maximum atomic E-state index is 12.0. The van der Waals surface area contributed by atoms with Crippen LogP contribution < -0.4 is 10.9 Å². The van der Waals surface area contributed by atoms with Gasteiger partial charge in [-0.1, -0.05) is 6.42 Å². The van der Waals surface area contributed by atoms with Crippen LogP contribution in [0.2, 0.25) is 0 Å². The van der Waals surface area contributed by atoms with Gasteiger partial charge in [0.05, 0.1) is 18.8 Å². The van der Waals surface area contributed by atoms with E-state index in [1.54, 1.807) is 38.1 Å². The monoisotopic (exact) mass is 366 g/mol. The van der Waals surface area contributed by atoms with Gasteiger partial charge in [-0.05, 0) is 51.0 Å². The summed E-state index contributed by atoms with van der Waals surface area (Å²) in [5.41, 5.74) is 6.91. The van der Waals surface area contributed by atoms with E-state index in [1.807, 2.05) is 0 Å². The summed E-state index contributed by atoms with van der Waals surface area (Å²) in [6.07, 6.45) is 1.58. The molecule has 0 bridgehead atoms. The first-order valence-corrected chi connectivity index (χ1v) is 8.65. The summed E-state index contributed by atoms with van der Waals surface area (Å²) in [5, 5.41) is 8.67. The summed E-state index contributed by atoms with van der Waals surface area (Å²) < 4.78 is 9.95. The highest BCUT2D eigenvalue weighted by Gasteiger charge is 2.19. The first-order chi connectivity index (χ1) is 12.5. The normalized spacial score (nSPS) is 11.5. The van der Waals surface area contributed by atoms with Crippen molar-refractivity contribution < 1.29 is 29.0 Å². The number of rotatable bonds is 12. The summed E-state index contributed by atoms with van der Waals surface area (Å²) in [6.45, 7) is 4.04. The van der Waals surface area contributed by atoms with E-state index in [4.69, 9.17) is 14.6 Å². The molecule has 0 spiro atoms. The third kappa shape index (κ3) is 7.98. The molecule has 1 rings (SSSR count). The molecule has 0 radical (unpaired) electrons. The highest BCUT2D eigenvalue weighted by atomic mass is 16.5. The average molecular weight is 366 g/mol. The predicted molar refractivity (Wildman–Crippen MR) is 95.7 cm³/mol. The number of carboxylic acid groups (broad SMARTS) is 1. The Labute approximate surface area is 152 Å². The summed E-state index contributed by atoms with van der Waals surface area (Å²) in [6, 6.07) is 6.01. The second-order valence-electron chi connectivity index (χ2n) is 5.51. The molecule has 1 aromatic rings. The lowest BCUT2D eigenvalue weighted by molar-refractivity contribution is -0.145. The smallest absolute Gasteiger partial charge is 0.338 e. The molecule has 26 heavy (non-hydrogen) atoms. The van der Waals surface area contributed by atoms with Crippen LogP contribution in [0.3, 0.4) is 0 Å². The molecule has 8 heteroatoms. The standard InChI is InChI=1S/C18H26N2O6/c1-3-25-17(23)13-9-11-14(12-10-13)19-20-15(18(24)26-4-2)7-5-6-8-16(21)22/h9-12,15,19-20H,3-8H2,1-2H3,(H,21,22). The van der Waals surface area contributed by atoms with Crippen LogP contribution in [0.15, 0.2) is 24.3 Å². The number of aliphatic carboxylic acids is 1. The molecule has 0 fully saturated rings. The molecule has 0 aliphatic heterocycles. The molecular formula is C18H26N2O6. The second-order valence-corrected chi connectivity index (χ2v) is 5.51. The van der Waals surface area contributed by atoms with Gasteiger partial charge in [0, 0.05) is 12.1 Å². The van der Waals surface area contributed by atoms with Crippen molar-refractivity contribution in [1.29, 1.82) is 0 Å². The van der Waals surface area contributed by atoms with Gasteiger partial charge in [0.25, 0.3) is 0 Å². The quantitative estimate of drug-likeness (QED) is 0.293. The molecule has 0 aliphatic carbocycles. The van der Waals surface area contributed by atoms with Crippen LogP contribution in [0, 0.1) is 0 Å². The zero-order valence-electron chi connectivity index (χ0n) is 15.1. The van der Waals surface area contributed by atoms with Crippen molar-refractivity contribution >= 4 is 23.6 Å². The number of hydrogen-bond donors (Lipinski definition) is 3. The molecular weight excluding hydrogens is 340 g/mol. The highest BCUT2D eigenvalue weighted by molar-refractivity contribution is 5.89. The molecule has 0 heterocycles. The largest absolute Gasteiger partial charge is 0.481 e. The lowest BCUT2D eigenvalue weighted by Gasteiger charge is -2.18. The maximum absolute atomic E-state index is 12.0. The second kappa shape index (κ2) is 11.9. The van der Waals surface area contributed by atoms with Crippen molar-refractivity contribution in [2.45, 2.75) is 45.6 Å². The zero-order valence-corrected chi connectivity index (χ0v) is 15.1. The number of nitrogens with one attached hydrogen (secondary N) is 2. The lowest BCUT2D eigenvalue weighted by Crippen LogP contribution is -2.41. The van der Waals surface area contributed by atoms with E-state index in [2.05, 4.69) is 10.9 Å². The number of hydrogen-bond acceptors (Lipinski definition) is 7. The fraction of sp³-hybridized carbons (Fsp3) is 0.500. The van der Waals surface area contributed by atoms with E-state index in [0.29, 0.717) is 37.1 Å². The van der Waals surface area contributed by atoms with Crippen LogP contribution in [0.5, 0.6) is 0 Å². The average Bonchev–Trinajstić information content (AvgIpc) is 2.61. The van der Waals surface area contributed by atoms with Gasteiger partial charge in [-0.3, -0.25) is 9.59 Å². The van der Waals surface area contributed by atoms with E-state index in [1.165, 1.54) is 0 Å². The van der Waals surface area contributed by atoms with Crippen molar-refractivity contribution in [2.75, 3.05) is 18.6 Å². The van der Waals surface area contributed by atoms with Gasteiger partial charge in [0.15, 0.2) is 0 Å². The molecule has 0 saturated carbocycles. The van der Waals surface area contributed by atoms with Crippen LogP contribution in [0.25, 0.3) is 0 Å². The molecule has 0 amide bonds. The molecule has 3 N–H and O–H groups in total. The Balaban J connectivity index is 2.57. The Morgan fingerprint density at radius 3 is 2.27 bits per heavy atom. The molecule has 8 nitrogen and oxygen atoms in total. The minimum absolute atomic E-state index is 0.0678. The Bertz CT molecular complexity index is 588. The summed E-state index contributed by atoms with van der Waals surface area (Å²) in [5.74, 6) is -1.65. The number of carboxylic acids is 1. The fourth-order valence-electron chi connectivity index (χ4n) is 2.19. The minimum atomic E-state index is -0.856. The molecule has 1 atom stereocenters. The number of esters is 2. The van der Waals surface area contributed by atoms with E-state index in [-0.39, 0.29) is 13.0 Å². The minimum Gasteiger partial charge on any atom is -0.481 e. The van der Waals surface area contributed by atoms with Crippen LogP contribution in [-0.2, 0) is 19.1 Å². The summed E-state index contributed by atoms with van der Waals surface area (Å²) in [4.78, 5) is 34.2. The number of carbonyl (C=O) groups excluding carboxylic acids is 2. The number of carbonyl (C=O) groups is 3. The molecule has 0 aromatic heterocycles. The Hall–Kier alpha value is -2.61.